The molecule has 1 aromatic carbocycles. The molecule has 0 aliphatic carbocycles. The van der Waals surface area contributed by atoms with Crippen LogP contribution in [-0.2, 0) is 9.59 Å². The number of rotatable bonds is 4. The fraction of sp³-hybridized carbons (Fsp3) is 0.500. The highest BCUT2D eigenvalue weighted by Gasteiger charge is 2.37. The van der Waals surface area contributed by atoms with Crippen molar-refractivity contribution >= 4 is 17.6 Å². The molecular weight excluding hydrogens is 380 g/mol. The van der Waals surface area contributed by atoms with Gasteiger partial charge in [0.2, 0.25) is 11.9 Å². The van der Waals surface area contributed by atoms with Crippen molar-refractivity contribution in [3.8, 4) is 5.69 Å². The average molecular weight is 409 g/mol. The predicted molar refractivity (Wildman–Crippen MR) is 114 cm³/mol. The van der Waals surface area contributed by atoms with E-state index in [0.29, 0.717) is 19.0 Å². The predicted octanol–water partition coefficient (Wildman–Crippen LogP) is 0.526. The number of nitrogens with one attached hydrogen (secondary N) is 1. The molecule has 3 saturated heterocycles. The van der Waals surface area contributed by atoms with E-state index in [1.807, 2.05) is 30.6 Å². The number of anilines is 1. The zero-order valence-corrected chi connectivity index (χ0v) is 17.1. The van der Waals surface area contributed by atoms with Crippen molar-refractivity contribution in [3.63, 3.8) is 0 Å². The molecule has 2 aromatic rings. The first-order valence-corrected chi connectivity index (χ1v) is 10.8. The number of Topliss-reactive ketones (excluding diaryl/α,β-unsaturated/α-hetero) is 1. The monoisotopic (exact) mass is 408 g/mol. The minimum Gasteiger partial charge on any atom is -0.339 e. The number of ketones is 1. The molecule has 8 heteroatoms. The molecule has 30 heavy (non-hydrogen) atoms. The van der Waals surface area contributed by atoms with E-state index in [1.54, 1.807) is 4.90 Å². The van der Waals surface area contributed by atoms with Crippen molar-refractivity contribution in [2.45, 2.75) is 24.9 Å². The first-order valence-electron chi connectivity index (χ1n) is 10.8. The number of para-hydroxylation sites is 1. The van der Waals surface area contributed by atoms with E-state index in [9.17, 15) is 9.59 Å². The van der Waals surface area contributed by atoms with E-state index in [2.05, 4.69) is 36.8 Å². The first kappa shape index (κ1) is 19.3. The fourth-order valence-electron chi connectivity index (χ4n) is 4.83. The van der Waals surface area contributed by atoms with Gasteiger partial charge in [0.1, 0.15) is 0 Å². The summed E-state index contributed by atoms with van der Waals surface area (Å²) in [5.74, 6) is 1.24. The van der Waals surface area contributed by atoms with Crippen LogP contribution in [0.3, 0.4) is 0 Å². The molecule has 3 fully saturated rings. The van der Waals surface area contributed by atoms with Gasteiger partial charge in [0, 0.05) is 69.8 Å². The number of nitrogens with zero attached hydrogens (tertiary/aromatic N) is 5. The number of carbonyl (C=O) groups excluding carboxylic acids is 2. The van der Waals surface area contributed by atoms with E-state index in [1.165, 1.54) is 0 Å². The zero-order chi connectivity index (χ0) is 20.5. The van der Waals surface area contributed by atoms with Crippen molar-refractivity contribution < 1.29 is 9.59 Å². The van der Waals surface area contributed by atoms with E-state index in [4.69, 9.17) is 0 Å². The second kappa shape index (κ2) is 8.20. The Balaban J connectivity index is 1.17. The summed E-state index contributed by atoms with van der Waals surface area (Å²) in [5, 5.41) is 3.39. The van der Waals surface area contributed by atoms with Gasteiger partial charge >= 0.3 is 0 Å². The molecule has 158 valence electrons. The van der Waals surface area contributed by atoms with Gasteiger partial charge in [0.15, 0.2) is 5.78 Å². The normalized spacial score (nSPS) is 25.3. The van der Waals surface area contributed by atoms with Crippen molar-refractivity contribution in [2.24, 2.45) is 0 Å². The smallest absolute Gasteiger partial charge is 0.240 e. The van der Waals surface area contributed by atoms with Crippen LogP contribution in [0.1, 0.15) is 12.8 Å². The number of hydrogen-bond donors (Lipinski definition) is 1. The number of amides is 1. The molecule has 1 N–H and O–H groups in total. The van der Waals surface area contributed by atoms with Gasteiger partial charge in [0.25, 0.3) is 0 Å². The Morgan fingerprint density at radius 1 is 1.07 bits per heavy atom. The summed E-state index contributed by atoms with van der Waals surface area (Å²) in [6.45, 7) is 5.44. The van der Waals surface area contributed by atoms with E-state index in [-0.39, 0.29) is 24.3 Å². The second-order valence-electron chi connectivity index (χ2n) is 8.35. The Morgan fingerprint density at radius 2 is 1.87 bits per heavy atom. The van der Waals surface area contributed by atoms with Crippen LogP contribution in [0.4, 0.5) is 5.95 Å². The Hall–Kier alpha value is -2.71. The maximum Gasteiger partial charge on any atom is 0.240 e. The number of benzene rings is 1. The van der Waals surface area contributed by atoms with Crippen LogP contribution in [0.5, 0.6) is 0 Å². The van der Waals surface area contributed by atoms with Crippen LogP contribution >= 0.6 is 0 Å². The van der Waals surface area contributed by atoms with Gasteiger partial charge in [-0.3, -0.25) is 19.1 Å². The lowest BCUT2D eigenvalue weighted by molar-refractivity contribution is -0.133. The van der Waals surface area contributed by atoms with Crippen molar-refractivity contribution in [1.82, 2.24) is 24.7 Å². The molecule has 1 amide bonds. The molecule has 0 radical (unpaired) electrons. The topological polar surface area (TPSA) is 73.7 Å². The quantitative estimate of drug-likeness (QED) is 0.796. The van der Waals surface area contributed by atoms with Gasteiger partial charge in [-0.1, -0.05) is 18.2 Å². The second-order valence-corrected chi connectivity index (χ2v) is 8.35. The lowest BCUT2D eigenvalue weighted by atomic mass is 10.1. The van der Waals surface area contributed by atoms with Gasteiger partial charge in [-0.2, -0.15) is 0 Å². The molecule has 0 saturated carbocycles. The largest absolute Gasteiger partial charge is 0.339 e. The van der Waals surface area contributed by atoms with Crippen LogP contribution in [-0.4, -0.2) is 88.9 Å². The van der Waals surface area contributed by atoms with Crippen molar-refractivity contribution in [2.75, 3.05) is 50.7 Å². The number of imidazole rings is 1. The highest BCUT2D eigenvalue weighted by Crippen LogP contribution is 2.22. The van der Waals surface area contributed by atoms with Gasteiger partial charge in [-0.15, -0.1) is 0 Å². The van der Waals surface area contributed by atoms with Crippen LogP contribution in [0.2, 0.25) is 0 Å². The third-order valence-electron chi connectivity index (χ3n) is 6.51. The Morgan fingerprint density at radius 3 is 2.60 bits per heavy atom. The summed E-state index contributed by atoms with van der Waals surface area (Å²) >= 11 is 0. The lowest BCUT2D eigenvalue weighted by Gasteiger charge is -2.38. The highest BCUT2D eigenvalue weighted by molar-refractivity contribution is 5.91. The van der Waals surface area contributed by atoms with Crippen molar-refractivity contribution in [1.29, 1.82) is 0 Å². The maximum atomic E-state index is 12.7. The molecule has 3 aliphatic heterocycles. The van der Waals surface area contributed by atoms with Gasteiger partial charge in [-0.05, 0) is 18.6 Å². The Bertz CT molecular complexity index is 905. The number of piperazine rings is 1. The minimum absolute atomic E-state index is 0.0897. The summed E-state index contributed by atoms with van der Waals surface area (Å²) in [4.78, 5) is 35.3. The molecule has 0 unspecified atom stereocenters. The molecule has 0 spiro atoms. The fourth-order valence-corrected chi connectivity index (χ4v) is 4.83. The highest BCUT2D eigenvalue weighted by atomic mass is 16.2. The average Bonchev–Trinajstić information content (AvgIpc) is 3.54. The summed E-state index contributed by atoms with van der Waals surface area (Å²) in [6, 6.07) is 10.5. The summed E-state index contributed by atoms with van der Waals surface area (Å²) in [7, 11) is 0. The Labute approximate surface area is 176 Å². The summed E-state index contributed by atoms with van der Waals surface area (Å²) < 4.78 is 2.14. The third kappa shape index (κ3) is 3.73. The SMILES string of the molecule is O=C1CCN(C(=O)[C@@H]2C[C@H](N3CCN(c4nccn4-c4ccccc4)CC3)CN2)C1. The van der Waals surface area contributed by atoms with Crippen LogP contribution in [0.25, 0.3) is 5.69 Å². The molecule has 0 bridgehead atoms. The van der Waals surface area contributed by atoms with E-state index >= 15 is 0 Å². The molecule has 8 nitrogen and oxygen atoms in total. The van der Waals surface area contributed by atoms with Crippen LogP contribution in [0.15, 0.2) is 42.7 Å². The van der Waals surface area contributed by atoms with E-state index in [0.717, 1.165) is 50.8 Å². The molecule has 4 heterocycles. The minimum atomic E-state index is -0.157. The molecule has 1 aromatic heterocycles. The standard InChI is InChI=1S/C22H28N6O2/c29-19-6-8-27(16-19)21(30)20-14-18(15-24-20)25-10-12-26(13-11-25)22-23-7-9-28(22)17-4-2-1-3-5-17/h1-5,7,9,18,20,24H,6,8,10-16H2/t18-,20-/m0/s1. The molecule has 3 aliphatic rings. The Kier molecular flexibility index (Phi) is 5.26. The summed E-state index contributed by atoms with van der Waals surface area (Å²) in [5.41, 5.74) is 1.12. The first-order chi connectivity index (χ1) is 14.7. The van der Waals surface area contributed by atoms with Crippen molar-refractivity contribution in [3.05, 3.63) is 42.7 Å². The van der Waals surface area contributed by atoms with Gasteiger partial charge in [-0.25, -0.2) is 4.98 Å². The van der Waals surface area contributed by atoms with Crippen LogP contribution in [0, 0.1) is 0 Å². The molecule has 5 rings (SSSR count). The van der Waals surface area contributed by atoms with Gasteiger partial charge < -0.3 is 15.1 Å². The number of likely N-dealkylation sites (tertiary alicyclic amines) is 1. The van der Waals surface area contributed by atoms with E-state index < -0.39 is 0 Å². The zero-order valence-electron chi connectivity index (χ0n) is 17.1. The number of carbonyl (C=O) groups is 2. The van der Waals surface area contributed by atoms with Crippen LogP contribution < -0.4 is 10.2 Å². The summed E-state index contributed by atoms with van der Waals surface area (Å²) in [6.07, 6.45) is 5.19. The number of aromatic nitrogens is 2. The molecular formula is C22H28N6O2. The number of hydrogen-bond acceptors (Lipinski definition) is 6. The van der Waals surface area contributed by atoms with Gasteiger partial charge in [0.05, 0.1) is 12.6 Å². The molecule has 2 atom stereocenters. The third-order valence-corrected chi connectivity index (χ3v) is 6.51. The lowest BCUT2D eigenvalue weighted by Crippen LogP contribution is -2.51. The maximum absolute atomic E-state index is 12.7.